The summed E-state index contributed by atoms with van der Waals surface area (Å²) in [5.74, 6) is -1.22. The number of carbonyl (C=O) groups excluding carboxylic acids is 2. The van der Waals surface area contributed by atoms with Crippen LogP contribution in [0, 0.1) is 0 Å². The number of amides is 1. The first kappa shape index (κ1) is 21.6. The van der Waals surface area contributed by atoms with Crippen molar-refractivity contribution in [2.75, 3.05) is 6.54 Å². The van der Waals surface area contributed by atoms with Crippen molar-refractivity contribution in [3.63, 3.8) is 0 Å². The van der Waals surface area contributed by atoms with Crippen LogP contribution < -0.4 is 10.0 Å². The van der Waals surface area contributed by atoms with Crippen LogP contribution in [0.1, 0.15) is 42.7 Å². The van der Waals surface area contributed by atoms with Gasteiger partial charge < -0.3 is 10.1 Å². The second kappa shape index (κ2) is 9.48. The Morgan fingerprint density at radius 2 is 1.71 bits per heavy atom. The molecule has 2 atom stereocenters. The molecule has 0 unspecified atom stereocenters. The van der Waals surface area contributed by atoms with Crippen molar-refractivity contribution in [1.29, 1.82) is 0 Å². The SMILES string of the molecule is CCNS(=O)(=O)c1cccc(C(=O)O[C@@H](C)C(=O)N[C@@H](C)c2ccccc2)c1. The summed E-state index contributed by atoms with van der Waals surface area (Å²) in [4.78, 5) is 24.6. The summed E-state index contributed by atoms with van der Waals surface area (Å²) < 4.78 is 31.7. The lowest BCUT2D eigenvalue weighted by Gasteiger charge is -2.18. The molecule has 0 aromatic heterocycles. The lowest BCUT2D eigenvalue weighted by molar-refractivity contribution is -0.129. The Kier molecular flexibility index (Phi) is 7.31. The molecule has 0 fully saturated rings. The molecule has 2 aromatic carbocycles. The van der Waals surface area contributed by atoms with E-state index >= 15 is 0 Å². The Labute approximate surface area is 165 Å². The zero-order chi connectivity index (χ0) is 20.7. The van der Waals surface area contributed by atoms with Gasteiger partial charge in [0.15, 0.2) is 6.10 Å². The van der Waals surface area contributed by atoms with Crippen LogP contribution in [0.15, 0.2) is 59.5 Å². The van der Waals surface area contributed by atoms with Crippen molar-refractivity contribution in [1.82, 2.24) is 10.0 Å². The molecular formula is C20H24N2O5S. The number of nitrogens with one attached hydrogen (secondary N) is 2. The highest BCUT2D eigenvalue weighted by atomic mass is 32.2. The average Bonchev–Trinajstić information content (AvgIpc) is 2.68. The van der Waals surface area contributed by atoms with Gasteiger partial charge in [0.1, 0.15) is 0 Å². The molecule has 2 rings (SSSR count). The maximum atomic E-state index is 12.3. The second-order valence-electron chi connectivity index (χ2n) is 6.22. The first-order chi connectivity index (χ1) is 13.2. The van der Waals surface area contributed by atoms with Crippen molar-refractivity contribution >= 4 is 21.9 Å². The summed E-state index contributed by atoms with van der Waals surface area (Å²) in [6.07, 6.45) is -1.03. The number of hydrogen-bond acceptors (Lipinski definition) is 5. The largest absolute Gasteiger partial charge is 0.449 e. The maximum absolute atomic E-state index is 12.3. The van der Waals surface area contributed by atoms with E-state index in [4.69, 9.17) is 4.74 Å². The van der Waals surface area contributed by atoms with E-state index in [2.05, 4.69) is 10.0 Å². The highest BCUT2D eigenvalue weighted by Gasteiger charge is 2.22. The standard InChI is InChI=1S/C20H24N2O5S/c1-4-21-28(25,26)18-12-8-11-17(13-18)20(24)27-15(3)19(23)22-14(2)16-9-6-5-7-10-16/h5-15,21H,4H2,1-3H3,(H,22,23)/t14-,15-/m0/s1. The third-order valence-electron chi connectivity index (χ3n) is 4.03. The number of benzene rings is 2. The van der Waals surface area contributed by atoms with Gasteiger partial charge in [-0.2, -0.15) is 0 Å². The van der Waals surface area contributed by atoms with E-state index in [1.54, 1.807) is 6.92 Å². The van der Waals surface area contributed by atoms with Crippen molar-refractivity contribution in [2.24, 2.45) is 0 Å². The van der Waals surface area contributed by atoms with Gasteiger partial charge in [0, 0.05) is 6.54 Å². The van der Waals surface area contributed by atoms with Crippen molar-refractivity contribution < 1.29 is 22.7 Å². The molecule has 7 nitrogen and oxygen atoms in total. The molecule has 8 heteroatoms. The monoisotopic (exact) mass is 404 g/mol. The molecule has 0 heterocycles. The fourth-order valence-corrected chi connectivity index (χ4v) is 3.59. The minimum Gasteiger partial charge on any atom is -0.449 e. The van der Waals surface area contributed by atoms with Gasteiger partial charge in [0.05, 0.1) is 16.5 Å². The van der Waals surface area contributed by atoms with E-state index in [-0.39, 0.29) is 23.0 Å². The number of ether oxygens (including phenoxy) is 1. The van der Waals surface area contributed by atoms with E-state index in [1.165, 1.54) is 31.2 Å². The zero-order valence-electron chi connectivity index (χ0n) is 16.0. The number of carbonyl (C=O) groups is 2. The predicted molar refractivity (Wildman–Crippen MR) is 105 cm³/mol. The van der Waals surface area contributed by atoms with Gasteiger partial charge in [0.25, 0.3) is 5.91 Å². The molecule has 2 N–H and O–H groups in total. The van der Waals surface area contributed by atoms with Gasteiger partial charge in [-0.05, 0) is 37.6 Å². The summed E-state index contributed by atoms with van der Waals surface area (Å²) in [6, 6.07) is 14.6. The molecule has 28 heavy (non-hydrogen) atoms. The molecule has 0 saturated carbocycles. The third-order valence-corrected chi connectivity index (χ3v) is 5.57. The van der Waals surface area contributed by atoms with E-state index in [1.807, 2.05) is 37.3 Å². The van der Waals surface area contributed by atoms with Crippen LogP contribution in [0.25, 0.3) is 0 Å². The number of sulfonamides is 1. The fraction of sp³-hybridized carbons (Fsp3) is 0.300. The Bertz CT molecular complexity index is 929. The van der Waals surface area contributed by atoms with Gasteiger partial charge in [-0.3, -0.25) is 4.79 Å². The van der Waals surface area contributed by atoms with Crippen molar-refractivity contribution in [2.45, 2.75) is 37.8 Å². The van der Waals surface area contributed by atoms with E-state index in [9.17, 15) is 18.0 Å². The van der Waals surface area contributed by atoms with Gasteiger partial charge in [0.2, 0.25) is 10.0 Å². The topological polar surface area (TPSA) is 102 Å². The van der Waals surface area contributed by atoms with Gasteiger partial charge >= 0.3 is 5.97 Å². The minimum atomic E-state index is -3.69. The quantitative estimate of drug-likeness (QED) is 0.658. The van der Waals surface area contributed by atoms with E-state index < -0.39 is 28.0 Å². The van der Waals surface area contributed by atoms with Crippen LogP contribution in [0.5, 0.6) is 0 Å². The number of esters is 1. The van der Waals surface area contributed by atoms with E-state index in [0.29, 0.717) is 0 Å². The van der Waals surface area contributed by atoms with Crippen LogP contribution in [0.2, 0.25) is 0 Å². The highest BCUT2D eigenvalue weighted by Crippen LogP contribution is 2.14. The Morgan fingerprint density at radius 1 is 1.04 bits per heavy atom. The summed E-state index contributed by atoms with van der Waals surface area (Å²) in [6.45, 7) is 5.18. The lowest BCUT2D eigenvalue weighted by Crippen LogP contribution is -2.37. The van der Waals surface area contributed by atoms with Crippen LogP contribution in [0.3, 0.4) is 0 Å². The number of rotatable bonds is 8. The van der Waals surface area contributed by atoms with Gasteiger partial charge in [-0.25, -0.2) is 17.9 Å². The Balaban J connectivity index is 2.03. The zero-order valence-corrected chi connectivity index (χ0v) is 16.8. The summed E-state index contributed by atoms with van der Waals surface area (Å²) >= 11 is 0. The maximum Gasteiger partial charge on any atom is 0.338 e. The summed E-state index contributed by atoms with van der Waals surface area (Å²) in [5.41, 5.74) is 0.977. The molecule has 2 aromatic rings. The first-order valence-electron chi connectivity index (χ1n) is 8.90. The Hall–Kier alpha value is -2.71. The van der Waals surface area contributed by atoms with Gasteiger partial charge in [-0.1, -0.05) is 43.3 Å². The van der Waals surface area contributed by atoms with Crippen molar-refractivity contribution in [3.8, 4) is 0 Å². The molecule has 0 spiro atoms. The molecule has 0 aliphatic carbocycles. The predicted octanol–water partition coefficient (Wildman–Crippen LogP) is 2.41. The summed E-state index contributed by atoms with van der Waals surface area (Å²) in [5, 5.41) is 2.78. The molecule has 150 valence electrons. The molecule has 1 amide bonds. The number of hydrogen-bond donors (Lipinski definition) is 2. The average molecular weight is 404 g/mol. The summed E-state index contributed by atoms with van der Waals surface area (Å²) in [7, 11) is -3.69. The molecule has 0 saturated heterocycles. The fourth-order valence-electron chi connectivity index (χ4n) is 2.50. The van der Waals surface area contributed by atoms with Crippen LogP contribution in [0.4, 0.5) is 0 Å². The molecule has 0 aliphatic heterocycles. The van der Waals surface area contributed by atoms with Crippen molar-refractivity contribution in [3.05, 3.63) is 65.7 Å². The second-order valence-corrected chi connectivity index (χ2v) is 7.98. The molecule has 0 aliphatic rings. The highest BCUT2D eigenvalue weighted by molar-refractivity contribution is 7.89. The van der Waals surface area contributed by atoms with Crippen LogP contribution in [-0.2, 0) is 19.6 Å². The molecule has 0 radical (unpaired) electrons. The smallest absolute Gasteiger partial charge is 0.338 e. The van der Waals surface area contributed by atoms with Crippen LogP contribution in [-0.4, -0.2) is 32.9 Å². The molecule has 0 bridgehead atoms. The van der Waals surface area contributed by atoms with Gasteiger partial charge in [-0.15, -0.1) is 0 Å². The molecular weight excluding hydrogens is 380 g/mol. The normalized spacial score (nSPS) is 13.4. The first-order valence-corrected chi connectivity index (χ1v) is 10.4. The Morgan fingerprint density at radius 3 is 2.36 bits per heavy atom. The van der Waals surface area contributed by atoms with E-state index in [0.717, 1.165) is 5.56 Å². The third kappa shape index (κ3) is 5.64. The van der Waals surface area contributed by atoms with Crippen LogP contribution >= 0.6 is 0 Å². The minimum absolute atomic E-state index is 0.0430. The lowest BCUT2D eigenvalue weighted by atomic mass is 10.1.